The van der Waals surface area contributed by atoms with E-state index in [1.807, 2.05) is 6.07 Å². The lowest BCUT2D eigenvalue weighted by atomic mass is 10.1. The van der Waals surface area contributed by atoms with Crippen molar-refractivity contribution in [3.63, 3.8) is 0 Å². The molecule has 5 nitrogen and oxygen atoms in total. The zero-order valence-corrected chi connectivity index (χ0v) is 14.6. The molecule has 0 unspecified atom stereocenters. The van der Waals surface area contributed by atoms with Crippen LogP contribution in [0.25, 0.3) is 16.6 Å². The summed E-state index contributed by atoms with van der Waals surface area (Å²) < 4.78 is 41.4. The predicted molar refractivity (Wildman–Crippen MR) is 96.6 cm³/mol. The average Bonchev–Trinajstić information content (AvgIpc) is 3.51. The van der Waals surface area contributed by atoms with Gasteiger partial charge in [0.15, 0.2) is 0 Å². The number of rotatable bonds is 4. The van der Waals surface area contributed by atoms with Crippen molar-refractivity contribution in [2.24, 2.45) is 11.7 Å². The molecule has 3 aromatic rings. The van der Waals surface area contributed by atoms with Crippen molar-refractivity contribution in [2.45, 2.75) is 25.3 Å². The van der Waals surface area contributed by atoms with Crippen molar-refractivity contribution in [2.75, 3.05) is 0 Å². The van der Waals surface area contributed by atoms with Gasteiger partial charge in [0.25, 0.3) is 12.0 Å². The fourth-order valence-electron chi connectivity index (χ4n) is 3.33. The third-order valence-corrected chi connectivity index (χ3v) is 4.89. The van der Waals surface area contributed by atoms with E-state index in [0.717, 1.165) is 35.6 Å². The Labute approximate surface area is 157 Å². The molecule has 1 saturated carbocycles. The van der Waals surface area contributed by atoms with Crippen LogP contribution in [0.4, 0.5) is 13.2 Å². The van der Waals surface area contributed by atoms with Crippen LogP contribution in [0.1, 0.15) is 42.3 Å². The lowest BCUT2D eigenvalue weighted by Crippen LogP contribution is -2.30. The van der Waals surface area contributed by atoms with Crippen LogP contribution in [0.5, 0.6) is 0 Å². The van der Waals surface area contributed by atoms with E-state index in [1.165, 1.54) is 6.07 Å². The Kier molecular flexibility index (Phi) is 4.40. The van der Waals surface area contributed by atoms with E-state index in [1.54, 1.807) is 12.1 Å². The molecule has 1 aliphatic carbocycles. The standard InChI is InChI=1S/C20H15F3N4O/c21-13-6-12(18(22)23)7-14(8-13)27-19(17(25)10-4-5-10)26-15-3-1-2-11(9-24)16(15)20(27)28/h1-3,6-8,10,17-18H,4-5,25H2/t17-/m0/s1. The first-order valence-electron chi connectivity index (χ1n) is 8.71. The lowest BCUT2D eigenvalue weighted by molar-refractivity contribution is 0.151. The highest BCUT2D eigenvalue weighted by Gasteiger charge is 2.33. The van der Waals surface area contributed by atoms with Gasteiger partial charge in [-0.3, -0.25) is 9.36 Å². The third-order valence-electron chi connectivity index (χ3n) is 4.89. The highest BCUT2D eigenvalue weighted by Crippen LogP contribution is 2.39. The van der Waals surface area contributed by atoms with Gasteiger partial charge in [-0.15, -0.1) is 0 Å². The molecule has 142 valence electrons. The van der Waals surface area contributed by atoms with Crippen LogP contribution < -0.4 is 11.3 Å². The molecule has 0 saturated heterocycles. The molecule has 1 aliphatic rings. The number of benzene rings is 2. The van der Waals surface area contributed by atoms with Gasteiger partial charge in [0.2, 0.25) is 0 Å². The van der Waals surface area contributed by atoms with Gasteiger partial charge in [-0.25, -0.2) is 18.2 Å². The number of fused-ring (bicyclic) bond motifs is 1. The van der Waals surface area contributed by atoms with Gasteiger partial charge in [0.1, 0.15) is 17.7 Å². The SMILES string of the molecule is N#Cc1cccc2nc([C@@H](N)C3CC3)n(-c3cc(F)cc(C(F)F)c3)c(=O)c12. The first-order chi connectivity index (χ1) is 13.4. The molecule has 1 heterocycles. The maximum Gasteiger partial charge on any atom is 0.267 e. The number of nitrogens with two attached hydrogens (primary N) is 1. The molecule has 0 amide bonds. The number of hydrogen-bond acceptors (Lipinski definition) is 4. The highest BCUT2D eigenvalue weighted by atomic mass is 19.3. The normalized spacial score (nSPS) is 15.0. The fourth-order valence-corrected chi connectivity index (χ4v) is 3.33. The molecule has 1 atom stereocenters. The highest BCUT2D eigenvalue weighted by molar-refractivity contribution is 5.84. The van der Waals surface area contributed by atoms with Crippen LogP contribution in [-0.2, 0) is 0 Å². The molecule has 28 heavy (non-hydrogen) atoms. The summed E-state index contributed by atoms with van der Waals surface area (Å²) in [5, 5.41) is 9.39. The summed E-state index contributed by atoms with van der Waals surface area (Å²) in [7, 11) is 0. The minimum absolute atomic E-state index is 0.0413. The minimum atomic E-state index is -2.91. The molecular formula is C20H15F3N4O. The van der Waals surface area contributed by atoms with Gasteiger partial charge in [-0.2, -0.15) is 5.26 Å². The predicted octanol–water partition coefficient (Wildman–Crippen LogP) is 3.74. The molecule has 0 bridgehead atoms. The van der Waals surface area contributed by atoms with E-state index in [-0.39, 0.29) is 33.9 Å². The Morgan fingerprint density at radius 1 is 1.25 bits per heavy atom. The molecule has 1 aromatic heterocycles. The van der Waals surface area contributed by atoms with E-state index in [0.29, 0.717) is 0 Å². The van der Waals surface area contributed by atoms with Crippen LogP contribution in [0, 0.1) is 23.1 Å². The van der Waals surface area contributed by atoms with Crippen LogP contribution in [0.15, 0.2) is 41.2 Å². The number of halogens is 3. The maximum absolute atomic E-state index is 14.0. The van der Waals surface area contributed by atoms with Crippen LogP contribution in [0.3, 0.4) is 0 Å². The smallest absolute Gasteiger partial charge is 0.267 e. The number of aromatic nitrogens is 2. The second kappa shape index (κ2) is 6.77. The van der Waals surface area contributed by atoms with Crippen molar-refractivity contribution in [1.29, 1.82) is 5.26 Å². The molecule has 4 rings (SSSR count). The molecule has 0 spiro atoms. The van der Waals surface area contributed by atoms with Gasteiger partial charge in [0.05, 0.1) is 28.2 Å². The number of nitrogens with zero attached hydrogens (tertiary/aromatic N) is 3. The summed E-state index contributed by atoms with van der Waals surface area (Å²) >= 11 is 0. The van der Waals surface area contributed by atoms with E-state index in [9.17, 15) is 23.2 Å². The van der Waals surface area contributed by atoms with Crippen molar-refractivity contribution in [3.8, 4) is 11.8 Å². The Morgan fingerprint density at radius 2 is 2.00 bits per heavy atom. The van der Waals surface area contributed by atoms with Crippen molar-refractivity contribution < 1.29 is 13.2 Å². The summed E-state index contributed by atoms with van der Waals surface area (Å²) in [6, 6.07) is 8.72. The summed E-state index contributed by atoms with van der Waals surface area (Å²) in [6.07, 6.45) is -1.19. The molecule has 2 aromatic carbocycles. The summed E-state index contributed by atoms with van der Waals surface area (Å²) in [5.41, 5.74) is 5.38. The second-order valence-corrected chi connectivity index (χ2v) is 6.83. The van der Waals surface area contributed by atoms with Crippen molar-refractivity contribution >= 4 is 10.9 Å². The minimum Gasteiger partial charge on any atom is -0.321 e. The number of nitriles is 1. The van der Waals surface area contributed by atoms with E-state index >= 15 is 0 Å². The third kappa shape index (κ3) is 3.04. The zero-order valence-electron chi connectivity index (χ0n) is 14.6. The van der Waals surface area contributed by atoms with Crippen molar-refractivity contribution in [3.05, 3.63) is 69.5 Å². The van der Waals surface area contributed by atoms with Gasteiger partial charge in [-0.05, 0) is 49.1 Å². The lowest BCUT2D eigenvalue weighted by Gasteiger charge is -2.19. The molecule has 8 heteroatoms. The number of alkyl halides is 2. The monoisotopic (exact) mass is 384 g/mol. The second-order valence-electron chi connectivity index (χ2n) is 6.83. The topological polar surface area (TPSA) is 84.7 Å². The van der Waals surface area contributed by atoms with Gasteiger partial charge >= 0.3 is 0 Å². The Bertz CT molecular complexity index is 1180. The Hall–Kier alpha value is -3.18. The van der Waals surface area contributed by atoms with Crippen LogP contribution in [-0.4, -0.2) is 9.55 Å². The summed E-state index contributed by atoms with van der Waals surface area (Å²) in [6.45, 7) is 0. The summed E-state index contributed by atoms with van der Waals surface area (Å²) in [4.78, 5) is 17.7. The average molecular weight is 384 g/mol. The molecule has 1 fully saturated rings. The summed E-state index contributed by atoms with van der Waals surface area (Å²) in [5.74, 6) is -0.627. The van der Waals surface area contributed by atoms with E-state index in [2.05, 4.69) is 4.98 Å². The van der Waals surface area contributed by atoms with E-state index in [4.69, 9.17) is 5.73 Å². The van der Waals surface area contributed by atoms with Gasteiger partial charge in [0, 0.05) is 5.56 Å². The quantitative estimate of drug-likeness (QED) is 0.743. The number of hydrogen-bond donors (Lipinski definition) is 1. The first kappa shape index (κ1) is 18.2. The maximum atomic E-state index is 14.0. The van der Waals surface area contributed by atoms with Crippen LogP contribution >= 0.6 is 0 Å². The largest absolute Gasteiger partial charge is 0.321 e. The zero-order chi connectivity index (χ0) is 20.0. The van der Waals surface area contributed by atoms with Crippen LogP contribution in [0.2, 0.25) is 0 Å². The Balaban J connectivity index is 2.09. The van der Waals surface area contributed by atoms with E-state index < -0.39 is 29.4 Å². The Morgan fingerprint density at radius 3 is 2.64 bits per heavy atom. The van der Waals surface area contributed by atoms with Crippen molar-refractivity contribution in [1.82, 2.24) is 9.55 Å². The molecule has 0 aliphatic heterocycles. The first-order valence-corrected chi connectivity index (χ1v) is 8.71. The molecule has 2 N–H and O–H groups in total. The molecular weight excluding hydrogens is 369 g/mol. The molecule has 0 radical (unpaired) electrons. The van der Waals surface area contributed by atoms with Gasteiger partial charge < -0.3 is 5.73 Å². The fraction of sp³-hybridized carbons (Fsp3) is 0.250. The van der Waals surface area contributed by atoms with Gasteiger partial charge in [-0.1, -0.05) is 6.07 Å².